The van der Waals surface area contributed by atoms with Crippen molar-refractivity contribution in [3.63, 3.8) is 0 Å². The van der Waals surface area contributed by atoms with Gasteiger partial charge in [0, 0.05) is 13.1 Å². The average molecular weight is 921 g/mol. The summed E-state index contributed by atoms with van der Waals surface area (Å²) < 4.78 is 42.1. The van der Waals surface area contributed by atoms with E-state index in [0.717, 1.165) is 77.6 Å². The second kappa shape index (κ2) is 18.0. The fourth-order valence-electron chi connectivity index (χ4n) is 11.2. The maximum atomic E-state index is 14.1. The zero-order chi connectivity index (χ0) is 46.6. The maximum absolute atomic E-state index is 14.1. The third kappa shape index (κ3) is 8.17. The van der Waals surface area contributed by atoms with Crippen LogP contribution in [0.4, 0.5) is 15.3 Å². The van der Waals surface area contributed by atoms with E-state index in [0.29, 0.717) is 49.9 Å². The number of sulfonamides is 1. The number of nitrogens with one attached hydrogen (secondary N) is 4. The predicted molar refractivity (Wildman–Crippen MR) is 250 cm³/mol. The van der Waals surface area contributed by atoms with Crippen molar-refractivity contribution < 1.29 is 37.1 Å². The van der Waals surface area contributed by atoms with Gasteiger partial charge in [-0.1, -0.05) is 64.8 Å². The fraction of sp³-hybridized carbons (Fsp3) is 0.510. The van der Waals surface area contributed by atoms with Crippen molar-refractivity contribution in [2.45, 2.75) is 120 Å². The summed E-state index contributed by atoms with van der Waals surface area (Å²) in [5, 5.41) is 8.70. The minimum absolute atomic E-state index is 0.0861. The van der Waals surface area contributed by atoms with E-state index in [1.807, 2.05) is 44.7 Å². The van der Waals surface area contributed by atoms with Crippen LogP contribution in [0.2, 0.25) is 0 Å². The van der Waals surface area contributed by atoms with Crippen LogP contribution in [-0.4, -0.2) is 103 Å². The molecule has 2 aliphatic carbocycles. The van der Waals surface area contributed by atoms with Gasteiger partial charge in [0.1, 0.15) is 28.6 Å². The Morgan fingerprint density at radius 1 is 0.803 bits per heavy atom. The molecule has 1 aromatic heterocycles. The number of amidine groups is 1. The Morgan fingerprint density at radius 3 is 2.17 bits per heavy atom. The highest BCUT2D eigenvalue weighted by Crippen LogP contribution is 2.54. The van der Waals surface area contributed by atoms with Gasteiger partial charge in [-0.05, 0) is 126 Å². The number of imidazole rings is 1. The second-order valence-corrected chi connectivity index (χ2v) is 20.5. The summed E-state index contributed by atoms with van der Waals surface area (Å²) in [4.78, 5) is 64.2. The number of aromatic nitrogens is 2. The van der Waals surface area contributed by atoms with Crippen LogP contribution in [0.3, 0.4) is 0 Å². The molecule has 4 heterocycles. The van der Waals surface area contributed by atoms with E-state index >= 15 is 0 Å². The number of H-pyrrole nitrogens is 1. The van der Waals surface area contributed by atoms with E-state index in [2.05, 4.69) is 49.6 Å². The quantitative estimate of drug-likeness (QED) is 0.116. The third-order valence-electron chi connectivity index (χ3n) is 14.7. The molecule has 17 heteroatoms. The van der Waals surface area contributed by atoms with Crippen molar-refractivity contribution in [3.05, 3.63) is 65.5 Å². The normalized spacial score (nSPS) is 23.0. The van der Waals surface area contributed by atoms with Crippen molar-refractivity contribution in [1.29, 1.82) is 0 Å². The molecule has 0 radical (unpaired) electrons. The third-order valence-corrected chi connectivity index (χ3v) is 16.1. The average Bonchev–Trinajstić information content (AvgIpc) is 4.17. The molecule has 3 fully saturated rings. The first-order chi connectivity index (χ1) is 31.7. The molecule has 0 bridgehead atoms. The molecule has 7 atom stereocenters. The minimum Gasteiger partial charge on any atom is -0.453 e. The van der Waals surface area contributed by atoms with Gasteiger partial charge in [0.15, 0.2) is 0 Å². The molecule has 4 N–H and O–H groups in total. The number of methoxy groups -OCH3 is 2. The number of carbonyl (C=O) groups is 4. The highest BCUT2D eigenvalue weighted by molar-refractivity contribution is 7.90. The van der Waals surface area contributed by atoms with Gasteiger partial charge in [-0.15, -0.1) is 4.40 Å². The molecule has 3 unspecified atom stereocenters. The van der Waals surface area contributed by atoms with Gasteiger partial charge in [-0.3, -0.25) is 9.59 Å². The van der Waals surface area contributed by atoms with E-state index in [4.69, 9.17) is 14.5 Å². The number of likely N-dealkylation sites (tertiary alicyclic amines) is 2. The second-order valence-electron chi connectivity index (χ2n) is 18.9. The van der Waals surface area contributed by atoms with Gasteiger partial charge in [0.25, 0.3) is 10.0 Å². The smallest absolute Gasteiger partial charge is 0.407 e. The van der Waals surface area contributed by atoms with Crippen LogP contribution >= 0.6 is 0 Å². The number of hydrogen-bond acceptors (Lipinski definition) is 10. The molecule has 66 heavy (non-hydrogen) atoms. The summed E-state index contributed by atoms with van der Waals surface area (Å²) in [7, 11) is -1.61. The summed E-state index contributed by atoms with van der Waals surface area (Å²) in [6.45, 7) is 8.61. The number of ether oxygens (including phenoxy) is 2. The number of anilines is 1. The van der Waals surface area contributed by atoms with Crippen molar-refractivity contribution in [3.8, 4) is 22.3 Å². The van der Waals surface area contributed by atoms with Gasteiger partial charge in [0.2, 0.25) is 11.8 Å². The van der Waals surface area contributed by atoms with E-state index < -0.39 is 40.3 Å². The summed E-state index contributed by atoms with van der Waals surface area (Å²) in [6.07, 6.45) is 6.37. The molecule has 350 valence electrons. The molecule has 0 spiro atoms. The first kappa shape index (κ1) is 45.2. The van der Waals surface area contributed by atoms with Crippen molar-refractivity contribution in [1.82, 2.24) is 30.4 Å². The lowest BCUT2D eigenvalue weighted by Crippen LogP contribution is -2.55. The first-order valence-electron chi connectivity index (χ1n) is 23.4. The fourth-order valence-corrected chi connectivity index (χ4v) is 12.4. The van der Waals surface area contributed by atoms with Gasteiger partial charge in [0.05, 0.1) is 43.0 Å². The number of carbonyl (C=O) groups excluding carboxylic acids is 4. The first-order valence-corrected chi connectivity index (χ1v) is 24.9. The summed E-state index contributed by atoms with van der Waals surface area (Å²) >= 11 is 0. The monoisotopic (exact) mass is 920 g/mol. The number of aromatic amines is 1. The zero-order valence-electron chi connectivity index (χ0n) is 38.5. The molecule has 3 aliphatic heterocycles. The van der Waals surface area contributed by atoms with Crippen molar-refractivity contribution in [2.24, 2.45) is 22.2 Å². The number of hydrogen-bond donors (Lipinski definition) is 4. The van der Waals surface area contributed by atoms with Crippen molar-refractivity contribution in [2.75, 3.05) is 32.6 Å². The molecule has 9 rings (SSSR count). The van der Waals surface area contributed by atoms with E-state index in [1.165, 1.54) is 25.3 Å². The van der Waals surface area contributed by atoms with Crippen LogP contribution in [0.15, 0.2) is 57.8 Å². The zero-order valence-corrected chi connectivity index (χ0v) is 39.3. The van der Waals surface area contributed by atoms with Crippen LogP contribution in [0, 0.1) is 17.8 Å². The molecule has 4 amide bonds. The van der Waals surface area contributed by atoms with Crippen LogP contribution in [-0.2, 0) is 35.5 Å². The van der Waals surface area contributed by atoms with E-state index in [1.54, 1.807) is 17.0 Å². The number of fused-ring (bicyclic) bond motifs is 5. The lowest BCUT2D eigenvalue weighted by atomic mass is 9.86. The van der Waals surface area contributed by atoms with E-state index in [-0.39, 0.29) is 40.4 Å². The van der Waals surface area contributed by atoms with Crippen LogP contribution in [0.5, 0.6) is 0 Å². The summed E-state index contributed by atoms with van der Waals surface area (Å²) in [5.74, 6) is 1.05. The molecule has 3 aromatic carbocycles. The highest BCUT2D eigenvalue weighted by atomic mass is 32.2. The highest BCUT2D eigenvalue weighted by Gasteiger charge is 2.43. The van der Waals surface area contributed by atoms with Gasteiger partial charge < -0.3 is 40.2 Å². The van der Waals surface area contributed by atoms with E-state index in [9.17, 15) is 27.6 Å². The predicted octanol–water partition coefficient (Wildman–Crippen LogP) is 7.66. The SMILES string of the molecule is CC[C@H](C)C(NC(=O)OC)C(=O)N1CCC[C@H]1C1=NS(=O)(=O)c2cc(-c3ccc(-c4ccc5nc([C@@H]6CCCN6C(=O)[C@@H](NC(=O)OC)C(C)C)[nH]c5c4)c4c3CC3CCCC43)ccc2N1. The van der Waals surface area contributed by atoms with Crippen LogP contribution < -0.4 is 16.0 Å². The number of amides is 4. The molecule has 5 aliphatic rings. The lowest BCUT2D eigenvalue weighted by Gasteiger charge is -2.33. The number of nitrogens with zero attached hydrogens (tertiary/aromatic N) is 4. The van der Waals surface area contributed by atoms with Gasteiger partial charge >= 0.3 is 12.2 Å². The van der Waals surface area contributed by atoms with Gasteiger partial charge in [-0.25, -0.2) is 14.6 Å². The standard InChI is InChI=1S/C49H60N8O8S/c1-7-27(4)43(54-49(61)65-6)47(59)57-22-10-14-39(57)45-51-36-20-16-30(25-40(36)66(62,63)55-45)31-17-18-33(41-32-12-8-11-28(32)23-34(31)41)29-15-19-35-37(24-29)52-44(50-35)38-13-9-21-56(38)46(58)42(26(2)3)53-48(60)64-5/h15-20,24-28,32,38-39,42-43H,7-14,21-23H2,1-6H3,(H,50,52)(H,51,55)(H,53,60)(H,54,61)/t27-,28?,32?,38-,39-,42-,43?/m0/s1. The Morgan fingerprint density at radius 2 is 1.45 bits per heavy atom. The number of alkyl carbamates (subject to hydrolysis) is 2. The Bertz CT molecular complexity index is 2730. The topological polar surface area (TPSA) is 204 Å². The Kier molecular flexibility index (Phi) is 12.3. The summed E-state index contributed by atoms with van der Waals surface area (Å²) in [6, 6.07) is 13.7. The van der Waals surface area contributed by atoms with Crippen molar-refractivity contribution >= 4 is 56.6 Å². The number of rotatable bonds is 11. The molecule has 1 saturated carbocycles. The molecular weight excluding hydrogens is 861 g/mol. The Hall–Kier alpha value is -5.97. The minimum atomic E-state index is -4.16. The molecule has 16 nitrogen and oxygen atoms in total. The largest absolute Gasteiger partial charge is 0.453 e. The summed E-state index contributed by atoms with van der Waals surface area (Å²) in [5.41, 5.74) is 8.68. The Balaban J connectivity index is 0.999. The Labute approximate surface area is 385 Å². The van der Waals surface area contributed by atoms with Crippen LogP contribution in [0.25, 0.3) is 33.3 Å². The van der Waals surface area contributed by atoms with Gasteiger partial charge in [-0.2, -0.15) is 8.42 Å². The van der Waals surface area contributed by atoms with Crippen LogP contribution in [0.1, 0.15) is 108 Å². The number of benzene rings is 3. The molecule has 4 aromatic rings. The maximum Gasteiger partial charge on any atom is 0.407 e. The molecular formula is C49H60N8O8S. The molecule has 2 saturated heterocycles. The lowest BCUT2D eigenvalue weighted by molar-refractivity contribution is -0.135.